The molecule has 32 heavy (non-hydrogen) atoms. The summed E-state index contributed by atoms with van der Waals surface area (Å²) < 4.78 is 60.6. The van der Waals surface area contributed by atoms with E-state index in [1.807, 2.05) is 0 Å². The Kier molecular flexibility index (Phi) is 6.52. The summed E-state index contributed by atoms with van der Waals surface area (Å²) in [4.78, 5) is -0.318. The molecule has 0 saturated heterocycles. The van der Waals surface area contributed by atoms with Crippen LogP contribution in [0.2, 0.25) is 0 Å². The van der Waals surface area contributed by atoms with Gasteiger partial charge in [0, 0.05) is 5.56 Å². The van der Waals surface area contributed by atoms with E-state index in [1.54, 1.807) is 32.0 Å². The number of sulfonamides is 1. The molecule has 0 unspecified atom stereocenters. The van der Waals surface area contributed by atoms with Gasteiger partial charge in [-0.25, -0.2) is 16.8 Å². The van der Waals surface area contributed by atoms with Crippen LogP contribution in [0.3, 0.4) is 0 Å². The Hall–Kier alpha value is -3.04. The molecule has 3 aromatic carbocycles. The number of ether oxygens (including phenoxy) is 1. The topological polar surface area (TPSA) is 110 Å². The highest BCUT2D eigenvalue weighted by atomic mass is 32.2. The van der Waals surface area contributed by atoms with E-state index in [2.05, 4.69) is 4.72 Å². The van der Waals surface area contributed by atoms with E-state index in [-0.39, 0.29) is 31.5 Å². The molecule has 2 N–H and O–H groups in total. The summed E-state index contributed by atoms with van der Waals surface area (Å²) >= 11 is 0. The van der Waals surface area contributed by atoms with E-state index in [0.29, 0.717) is 5.75 Å². The summed E-state index contributed by atoms with van der Waals surface area (Å²) in [6.07, 6.45) is 0. The molecule has 0 aliphatic rings. The van der Waals surface area contributed by atoms with Crippen molar-refractivity contribution in [3.63, 3.8) is 0 Å². The summed E-state index contributed by atoms with van der Waals surface area (Å²) in [5.41, 5.74) is 0.516. The molecule has 170 valence electrons. The van der Waals surface area contributed by atoms with E-state index in [4.69, 9.17) is 4.74 Å². The van der Waals surface area contributed by atoms with Crippen LogP contribution in [0.15, 0.2) is 75.4 Å². The van der Waals surface area contributed by atoms with Crippen molar-refractivity contribution in [2.24, 2.45) is 0 Å². The van der Waals surface area contributed by atoms with Crippen molar-refractivity contribution >= 4 is 25.5 Å². The predicted octanol–water partition coefficient (Wildman–Crippen LogP) is 4.47. The third-order valence-corrected chi connectivity index (χ3v) is 8.22. The fourth-order valence-electron chi connectivity index (χ4n) is 3.40. The van der Waals surface area contributed by atoms with Crippen molar-refractivity contribution in [2.45, 2.75) is 41.4 Å². The molecule has 0 aromatic heterocycles. The lowest BCUT2D eigenvalue weighted by Crippen LogP contribution is -2.17. The highest BCUT2D eigenvalue weighted by Gasteiger charge is 2.31. The number of hydrogen-bond donors (Lipinski definition) is 2. The number of nitrogens with one attached hydrogen (secondary N) is 1. The lowest BCUT2D eigenvalue weighted by atomic mass is 9.99. The third-order valence-electron chi connectivity index (χ3n) is 5.00. The van der Waals surface area contributed by atoms with E-state index in [9.17, 15) is 21.9 Å². The van der Waals surface area contributed by atoms with Gasteiger partial charge in [0.1, 0.15) is 16.4 Å². The number of methoxy groups -OCH3 is 1. The van der Waals surface area contributed by atoms with Crippen LogP contribution in [0.5, 0.6) is 11.5 Å². The van der Waals surface area contributed by atoms with Crippen molar-refractivity contribution in [1.29, 1.82) is 0 Å². The lowest BCUT2D eigenvalue weighted by molar-refractivity contribution is 0.414. The van der Waals surface area contributed by atoms with Crippen molar-refractivity contribution in [3.05, 3.63) is 71.8 Å². The number of anilines is 1. The zero-order valence-electron chi connectivity index (χ0n) is 18.2. The summed E-state index contributed by atoms with van der Waals surface area (Å²) in [7, 11) is -6.68. The number of phenolic OH excluding ortho intramolecular Hbond substituents is 1. The molecule has 3 aromatic rings. The molecular formula is C23H25NO6S2. The Morgan fingerprint density at radius 3 is 2.03 bits per heavy atom. The van der Waals surface area contributed by atoms with Gasteiger partial charge >= 0.3 is 0 Å². The number of hydrogen-bond acceptors (Lipinski definition) is 6. The Bertz CT molecular complexity index is 1330. The molecule has 3 rings (SSSR count). The minimum atomic E-state index is -4.18. The highest BCUT2D eigenvalue weighted by molar-refractivity contribution is 7.93. The number of rotatable bonds is 7. The Balaban J connectivity index is 2.24. The molecular weight excluding hydrogens is 450 g/mol. The second kappa shape index (κ2) is 8.84. The molecule has 0 spiro atoms. The highest BCUT2D eigenvalue weighted by Crippen LogP contribution is 2.42. The standard InChI is InChI=1S/C23H25NO6S2/c1-15(2)21-20(24-32(28,29)19-8-6-5-7-9-19)14-16(3)22(25)23(21)31(26,27)18-12-10-17(30-4)11-13-18/h5-15,24-25H,1-4H3. The number of sulfone groups is 1. The molecule has 0 radical (unpaired) electrons. The summed E-state index contributed by atoms with van der Waals surface area (Å²) in [5, 5.41) is 10.8. The molecule has 0 fully saturated rings. The molecule has 0 amide bonds. The van der Waals surface area contributed by atoms with Crippen molar-refractivity contribution < 1.29 is 26.7 Å². The molecule has 0 saturated carbocycles. The first kappa shape index (κ1) is 23.6. The van der Waals surface area contributed by atoms with Crippen LogP contribution in [-0.2, 0) is 19.9 Å². The van der Waals surface area contributed by atoms with E-state index < -0.39 is 31.5 Å². The number of benzene rings is 3. The average molecular weight is 476 g/mol. The van der Waals surface area contributed by atoms with Gasteiger partial charge < -0.3 is 9.84 Å². The third kappa shape index (κ3) is 4.44. The summed E-state index contributed by atoms with van der Waals surface area (Å²) in [5.74, 6) is -0.344. The summed E-state index contributed by atoms with van der Waals surface area (Å²) in [6, 6.07) is 15.0. The first-order valence-electron chi connectivity index (χ1n) is 9.82. The molecule has 0 aliphatic carbocycles. The fraction of sp³-hybridized carbons (Fsp3) is 0.217. The second-order valence-corrected chi connectivity index (χ2v) is 11.2. The van der Waals surface area contributed by atoms with Gasteiger partial charge in [-0.15, -0.1) is 0 Å². The van der Waals surface area contributed by atoms with Crippen LogP contribution < -0.4 is 9.46 Å². The van der Waals surface area contributed by atoms with Gasteiger partial charge in [0.25, 0.3) is 10.0 Å². The van der Waals surface area contributed by atoms with Crippen molar-refractivity contribution in [1.82, 2.24) is 0 Å². The maximum Gasteiger partial charge on any atom is 0.261 e. The Morgan fingerprint density at radius 2 is 1.50 bits per heavy atom. The fourth-order valence-corrected chi connectivity index (χ4v) is 6.27. The van der Waals surface area contributed by atoms with Crippen molar-refractivity contribution in [2.75, 3.05) is 11.8 Å². The molecule has 0 aliphatic heterocycles. The number of phenols is 1. The van der Waals surface area contributed by atoms with E-state index >= 15 is 0 Å². The molecule has 0 bridgehead atoms. The van der Waals surface area contributed by atoms with Gasteiger partial charge in [-0.3, -0.25) is 4.72 Å². The molecule has 0 heterocycles. The maximum absolute atomic E-state index is 13.5. The zero-order chi connectivity index (χ0) is 23.7. The first-order valence-corrected chi connectivity index (χ1v) is 12.8. The van der Waals surface area contributed by atoms with Gasteiger partial charge in [-0.2, -0.15) is 0 Å². The minimum Gasteiger partial charge on any atom is -0.506 e. The Morgan fingerprint density at radius 1 is 0.906 bits per heavy atom. The quantitative estimate of drug-likeness (QED) is 0.488. The molecule has 7 nitrogen and oxygen atoms in total. The van der Waals surface area contributed by atoms with Gasteiger partial charge in [0.2, 0.25) is 9.84 Å². The average Bonchev–Trinajstić information content (AvgIpc) is 2.76. The second-order valence-electron chi connectivity index (χ2n) is 7.58. The van der Waals surface area contributed by atoms with E-state index in [0.717, 1.165) is 0 Å². The van der Waals surface area contributed by atoms with Gasteiger partial charge in [-0.05, 0) is 60.9 Å². The van der Waals surface area contributed by atoms with Crippen LogP contribution in [0.4, 0.5) is 5.69 Å². The number of aryl methyl sites for hydroxylation is 1. The predicted molar refractivity (Wildman–Crippen MR) is 123 cm³/mol. The molecule has 0 atom stereocenters. The number of aromatic hydroxyl groups is 1. The molecule has 9 heteroatoms. The van der Waals surface area contributed by atoms with Crippen LogP contribution in [0.1, 0.15) is 30.9 Å². The smallest absolute Gasteiger partial charge is 0.261 e. The van der Waals surface area contributed by atoms with Crippen LogP contribution in [-0.4, -0.2) is 29.1 Å². The monoisotopic (exact) mass is 475 g/mol. The minimum absolute atomic E-state index is 0.0417. The zero-order valence-corrected chi connectivity index (χ0v) is 19.8. The largest absolute Gasteiger partial charge is 0.506 e. The van der Waals surface area contributed by atoms with Crippen molar-refractivity contribution in [3.8, 4) is 11.5 Å². The SMILES string of the molecule is COc1ccc(S(=O)(=O)c2c(O)c(C)cc(NS(=O)(=O)c3ccccc3)c2C(C)C)cc1. The van der Waals surface area contributed by atoms with Gasteiger partial charge in [0.05, 0.1) is 22.6 Å². The summed E-state index contributed by atoms with van der Waals surface area (Å²) in [6.45, 7) is 4.99. The van der Waals surface area contributed by atoms with Crippen LogP contribution in [0.25, 0.3) is 0 Å². The van der Waals surface area contributed by atoms with Crippen LogP contribution >= 0.6 is 0 Å². The van der Waals surface area contributed by atoms with Gasteiger partial charge in [0.15, 0.2) is 0 Å². The van der Waals surface area contributed by atoms with E-state index in [1.165, 1.54) is 56.5 Å². The lowest BCUT2D eigenvalue weighted by Gasteiger charge is -2.22. The van der Waals surface area contributed by atoms with Crippen LogP contribution in [0, 0.1) is 6.92 Å². The maximum atomic E-state index is 13.5. The first-order chi connectivity index (χ1) is 15.0. The normalized spacial score (nSPS) is 12.0. The Labute approximate surface area is 188 Å². The van der Waals surface area contributed by atoms with Gasteiger partial charge in [-0.1, -0.05) is 32.0 Å².